The summed E-state index contributed by atoms with van der Waals surface area (Å²) in [6.45, 7) is 4.33. The second-order valence-electron chi connectivity index (χ2n) is 4.78. The Morgan fingerprint density at radius 1 is 1.41 bits per heavy atom. The van der Waals surface area contributed by atoms with Gasteiger partial charge in [0.1, 0.15) is 5.82 Å². The summed E-state index contributed by atoms with van der Waals surface area (Å²) < 4.78 is 13.7. The standard InChI is InChI=1S/C14H21FN2/c1-2-17(10-11-5-3-6-11)14-8-4-7-13(15)12(14)9-16/h4,7-8,11H,2-3,5-6,9-10,16H2,1H3. The Balaban J connectivity index is 2.19. The van der Waals surface area contributed by atoms with E-state index in [1.165, 1.54) is 25.3 Å². The summed E-state index contributed by atoms with van der Waals surface area (Å²) in [5.74, 6) is 0.598. The average Bonchev–Trinajstić information content (AvgIpc) is 2.28. The number of hydrogen-bond donors (Lipinski definition) is 1. The summed E-state index contributed by atoms with van der Waals surface area (Å²) in [6, 6.07) is 5.24. The molecule has 0 amide bonds. The van der Waals surface area contributed by atoms with E-state index in [2.05, 4.69) is 11.8 Å². The highest BCUT2D eigenvalue weighted by atomic mass is 19.1. The molecule has 0 atom stereocenters. The Bertz CT molecular complexity index is 374. The first-order valence-corrected chi connectivity index (χ1v) is 6.48. The molecule has 0 unspecified atom stereocenters. The van der Waals surface area contributed by atoms with Crippen LogP contribution < -0.4 is 10.6 Å². The fourth-order valence-corrected chi connectivity index (χ4v) is 2.43. The molecule has 1 aliphatic carbocycles. The lowest BCUT2D eigenvalue weighted by molar-refractivity contribution is 0.318. The zero-order valence-electron chi connectivity index (χ0n) is 10.5. The van der Waals surface area contributed by atoms with Crippen LogP contribution in [0.25, 0.3) is 0 Å². The van der Waals surface area contributed by atoms with Crippen molar-refractivity contribution in [1.29, 1.82) is 0 Å². The lowest BCUT2D eigenvalue weighted by Crippen LogP contribution is -2.33. The van der Waals surface area contributed by atoms with Crippen LogP contribution in [0.4, 0.5) is 10.1 Å². The Hall–Kier alpha value is -1.09. The molecule has 2 rings (SSSR count). The van der Waals surface area contributed by atoms with Crippen molar-refractivity contribution >= 4 is 5.69 Å². The summed E-state index contributed by atoms with van der Waals surface area (Å²) >= 11 is 0. The number of benzene rings is 1. The van der Waals surface area contributed by atoms with Crippen molar-refractivity contribution in [3.05, 3.63) is 29.6 Å². The first-order valence-electron chi connectivity index (χ1n) is 6.48. The van der Waals surface area contributed by atoms with Gasteiger partial charge < -0.3 is 10.6 Å². The van der Waals surface area contributed by atoms with Gasteiger partial charge in [0.2, 0.25) is 0 Å². The molecule has 0 radical (unpaired) electrons. The van der Waals surface area contributed by atoms with Crippen LogP contribution >= 0.6 is 0 Å². The van der Waals surface area contributed by atoms with Crippen molar-refractivity contribution in [1.82, 2.24) is 0 Å². The molecule has 0 bridgehead atoms. The van der Waals surface area contributed by atoms with Crippen LogP contribution in [0.5, 0.6) is 0 Å². The molecule has 3 heteroatoms. The quantitative estimate of drug-likeness (QED) is 0.851. The second-order valence-corrected chi connectivity index (χ2v) is 4.78. The van der Waals surface area contributed by atoms with E-state index < -0.39 is 0 Å². The van der Waals surface area contributed by atoms with Crippen molar-refractivity contribution in [2.24, 2.45) is 11.7 Å². The lowest BCUT2D eigenvalue weighted by Gasteiger charge is -2.34. The van der Waals surface area contributed by atoms with Gasteiger partial charge in [0, 0.05) is 30.9 Å². The van der Waals surface area contributed by atoms with Crippen LogP contribution in [0.3, 0.4) is 0 Å². The fourth-order valence-electron chi connectivity index (χ4n) is 2.43. The predicted octanol–water partition coefficient (Wildman–Crippen LogP) is 2.91. The third-order valence-electron chi connectivity index (χ3n) is 3.72. The highest BCUT2D eigenvalue weighted by Gasteiger charge is 2.21. The van der Waals surface area contributed by atoms with Crippen molar-refractivity contribution in [3.63, 3.8) is 0 Å². The molecule has 94 valence electrons. The van der Waals surface area contributed by atoms with E-state index in [0.29, 0.717) is 5.56 Å². The molecule has 1 aliphatic rings. The molecule has 1 aromatic carbocycles. The number of hydrogen-bond acceptors (Lipinski definition) is 2. The monoisotopic (exact) mass is 236 g/mol. The van der Waals surface area contributed by atoms with Crippen molar-refractivity contribution in [2.45, 2.75) is 32.7 Å². The summed E-state index contributed by atoms with van der Waals surface area (Å²) in [6.07, 6.45) is 3.96. The van der Waals surface area contributed by atoms with Crippen LogP contribution in [0.2, 0.25) is 0 Å². The molecule has 2 N–H and O–H groups in total. The van der Waals surface area contributed by atoms with Gasteiger partial charge in [-0.2, -0.15) is 0 Å². The van der Waals surface area contributed by atoms with Crippen molar-refractivity contribution in [3.8, 4) is 0 Å². The molecule has 0 heterocycles. The van der Waals surface area contributed by atoms with Crippen LogP contribution in [-0.4, -0.2) is 13.1 Å². The van der Waals surface area contributed by atoms with Crippen LogP contribution in [-0.2, 0) is 6.54 Å². The van der Waals surface area contributed by atoms with Gasteiger partial charge in [0.05, 0.1) is 0 Å². The van der Waals surface area contributed by atoms with Crippen molar-refractivity contribution in [2.75, 3.05) is 18.0 Å². The fraction of sp³-hybridized carbons (Fsp3) is 0.571. The maximum atomic E-state index is 13.7. The minimum Gasteiger partial charge on any atom is -0.371 e. The van der Waals surface area contributed by atoms with E-state index in [4.69, 9.17) is 5.73 Å². The minimum atomic E-state index is -0.183. The van der Waals surface area contributed by atoms with Crippen LogP contribution in [0.15, 0.2) is 18.2 Å². The molecule has 0 aliphatic heterocycles. The Morgan fingerprint density at radius 2 is 2.18 bits per heavy atom. The maximum Gasteiger partial charge on any atom is 0.129 e. The molecule has 17 heavy (non-hydrogen) atoms. The predicted molar refractivity (Wildman–Crippen MR) is 69.5 cm³/mol. The highest BCUT2D eigenvalue weighted by molar-refractivity contribution is 5.54. The number of rotatable bonds is 5. The van der Waals surface area contributed by atoms with E-state index in [1.54, 1.807) is 6.07 Å². The number of halogens is 1. The SMILES string of the molecule is CCN(CC1CCC1)c1cccc(F)c1CN. The van der Waals surface area contributed by atoms with Gasteiger partial charge in [0.25, 0.3) is 0 Å². The van der Waals surface area contributed by atoms with Gasteiger partial charge in [0.15, 0.2) is 0 Å². The van der Waals surface area contributed by atoms with Crippen molar-refractivity contribution < 1.29 is 4.39 Å². The smallest absolute Gasteiger partial charge is 0.129 e. The maximum absolute atomic E-state index is 13.7. The third-order valence-corrected chi connectivity index (χ3v) is 3.72. The van der Waals surface area contributed by atoms with Gasteiger partial charge in [-0.05, 0) is 37.8 Å². The van der Waals surface area contributed by atoms with E-state index in [1.807, 2.05) is 6.07 Å². The van der Waals surface area contributed by atoms with Crippen LogP contribution in [0, 0.1) is 11.7 Å². The zero-order valence-corrected chi connectivity index (χ0v) is 10.5. The Kier molecular flexibility index (Phi) is 4.00. The first-order chi connectivity index (χ1) is 8.26. The second kappa shape index (κ2) is 5.50. The molecule has 2 nitrogen and oxygen atoms in total. The Labute approximate surface area is 103 Å². The summed E-state index contributed by atoms with van der Waals surface area (Å²) in [4.78, 5) is 2.26. The van der Waals surface area contributed by atoms with Crippen LogP contribution in [0.1, 0.15) is 31.7 Å². The highest BCUT2D eigenvalue weighted by Crippen LogP contribution is 2.30. The molecule has 1 saturated carbocycles. The average molecular weight is 236 g/mol. The third kappa shape index (κ3) is 2.60. The summed E-state index contributed by atoms with van der Waals surface area (Å²) in [7, 11) is 0. The van der Waals surface area contributed by atoms with Gasteiger partial charge in [-0.3, -0.25) is 0 Å². The number of nitrogens with zero attached hydrogens (tertiary/aromatic N) is 1. The molecule has 0 aromatic heterocycles. The minimum absolute atomic E-state index is 0.183. The molecule has 0 spiro atoms. The number of nitrogens with two attached hydrogens (primary N) is 1. The van der Waals surface area contributed by atoms with E-state index >= 15 is 0 Å². The summed E-state index contributed by atoms with van der Waals surface area (Å²) in [5.41, 5.74) is 7.28. The van der Waals surface area contributed by atoms with E-state index in [-0.39, 0.29) is 12.4 Å². The largest absolute Gasteiger partial charge is 0.371 e. The normalized spacial score (nSPS) is 15.7. The molecule has 1 fully saturated rings. The van der Waals surface area contributed by atoms with E-state index in [0.717, 1.165) is 24.7 Å². The zero-order chi connectivity index (χ0) is 12.3. The molecule has 1 aromatic rings. The molecule has 0 saturated heterocycles. The lowest BCUT2D eigenvalue weighted by atomic mass is 9.85. The van der Waals surface area contributed by atoms with Gasteiger partial charge >= 0.3 is 0 Å². The van der Waals surface area contributed by atoms with Gasteiger partial charge in [-0.15, -0.1) is 0 Å². The van der Waals surface area contributed by atoms with Gasteiger partial charge in [-0.1, -0.05) is 12.5 Å². The molecular formula is C14H21FN2. The summed E-state index contributed by atoms with van der Waals surface area (Å²) in [5, 5.41) is 0. The Morgan fingerprint density at radius 3 is 2.71 bits per heavy atom. The van der Waals surface area contributed by atoms with Gasteiger partial charge in [-0.25, -0.2) is 4.39 Å². The van der Waals surface area contributed by atoms with E-state index in [9.17, 15) is 4.39 Å². The first kappa shape index (κ1) is 12.4. The number of anilines is 1. The molecular weight excluding hydrogens is 215 g/mol. The topological polar surface area (TPSA) is 29.3 Å².